The van der Waals surface area contributed by atoms with E-state index in [0.717, 1.165) is 24.0 Å². The normalized spacial score (nSPS) is 30.5. The van der Waals surface area contributed by atoms with Crippen molar-refractivity contribution < 1.29 is 9.53 Å². The van der Waals surface area contributed by atoms with E-state index in [1.54, 1.807) is 0 Å². The first-order valence-corrected chi connectivity index (χ1v) is 4.38. The van der Waals surface area contributed by atoms with Crippen LogP contribution in [0.15, 0.2) is 11.1 Å². The van der Waals surface area contributed by atoms with E-state index in [2.05, 4.69) is 0 Å². The van der Waals surface area contributed by atoms with Gasteiger partial charge in [-0.1, -0.05) is 12.5 Å². The first-order valence-electron chi connectivity index (χ1n) is 4.38. The molecule has 0 saturated carbocycles. The maximum atomic E-state index is 11.3. The van der Waals surface area contributed by atoms with Crippen molar-refractivity contribution in [1.29, 1.82) is 0 Å². The van der Waals surface area contributed by atoms with Gasteiger partial charge in [-0.15, -0.1) is 0 Å². The average molecular weight is 168 g/mol. The average Bonchev–Trinajstić information content (AvgIpc) is 2.00. The minimum atomic E-state index is -0.263. The second kappa shape index (κ2) is 2.92. The molecule has 1 heterocycles. The number of rotatable bonds is 1. The maximum Gasteiger partial charge on any atom is 0.334 e. The Morgan fingerprint density at radius 3 is 2.50 bits per heavy atom. The van der Waals surface area contributed by atoms with Crippen LogP contribution in [0.4, 0.5) is 0 Å². The highest BCUT2D eigenvalue weighted by molar-refractivity contribution is 5.89. The van der Waals surface area contributed by atoms with Crippen LogP contribution in [0.2, 0.25) is 0 Å². The number of hydrogen-bond acceptors (Lipinski definition) is 2. The van der Waals surface area contributed by atoms with Gasteiger partial charge >= 0.3 is 5.97 Å². The monoisotopic (exact) mass is 168 g/mol. The van der Waals surface area contributed by atoms with E-state index in [4.69, 9.17) is 4.74 Å². The van der Waals surface area contributed by atoms with Gasteiger partial charge in [0.1, 0.15) is 5.60 Å². The molecule has 0 saturated heterocycles. The van der Waals surface area contributed by atoms with Crippen LogP contribution >= 0.6 is 0 Å². The predicted octanol–water partition coefficient (Wildman–Crippen LogP) is 2.44. The van der Waals surface area contributed by atoms with Crippen LogP contribution in [0.5, 0.6) is 0 Å². The van der Waals surface area contributed by atoms with Gasteiger partial charge in [-0.3, -0.25) is 0 Å². The Labute approximate surface area is 73.6 Å². The fourth-order valence-electron chi connectivity index (χ4n) is 1.40. The Morgan fingerprint density at radius 2 is 2.08 bits per heavy atom. The summed E-state index contributed by atoms with van der Waals surface area (Å²) < 4.78 is 5.31. The highest BCUT2D eigenvalue weighted by Crippen LogP contribution is 2.31. The quantitative estimate of drug-likeness (QED) is 0.562. The summed E-state index contributed by atoms with van der Waals surface area (Å²) in [4.78, 5) is 11.3. The molecule has 0 aromatic heterocycles. The third kappa shape index (κ3) is 1.52. The smallest absolute Gasteiger partial charge is 0.334 e. The van der Waals surface area contributed by atoms with E-state index in [-0.39, 0.29) is 11.6 Å². The molecule has 0 aliphatic carbocycles. The summed E-state index contributed by atoms with van der Waals surface area (Å²) >= 11 is 0. The lowest BCUT2D eigenvalue weighted by Gasteiger charge is -2.33. The van der Waals surface area contributed by atoms with Gasteiger partial charge in [-0.05, 0) is 27.2 Å². The number of ether oxygens (including phenoxy) is 1. The van der Waals surface area contributed by atoms with Crippen LogP contribution in [-0.4, -0.2) is 11.6 Å². The summed E-state index contributed by atoms with van der Waals surface area (Å²) in [7, 11) is 0. The molecule has 12 heavy (non-hydrogen) atoms. The van der Waals surface area contributed by atoms with Crippen molar-refractivity contribution in [3.05, 3.63) is 11.1 Å². The van der Waals surface area contributed by atoms with Crippen molar-refractivity contribution in [2.45, 2.75) is 46.1 Å². The molecule has 0 N–H and O–H groups in total. The first-order chi connectivity index (χ1) is 5.48. The molecule has 0 radical (unpaired) electrons. The van der Waals surface area contributed by atoms with Gasteiger partial charge in [0.05, 0.1) is 0 Å². The Kier molecular flexibility index (Phi) is 2.27. The van der Waals surface area contributed by atoms with Crippen LogP contribution in [0.3, 0.4) is 0 Å². The van der Waals surface area contributed by atoms with Gasteiger partial charge in [-0.2, -0.15) is 0 Å². The van der Waals surface area contributed by atoms with Crippen molar-refractivity contribution in [1.82, 2.24) is 0 Å². The van der Waals surface area contributed by atoms with Crippen molar-refractivity contribution in [2.75, 3.05) is 0 Å². The van der Waals surface area contributed by atoms with Gasteiger partial charge in [-0.25, -0.2) is 4.79 Å². The second-order valence-electron chi connectivity index (χ2n) is 3.78. The van der Waals surface area contributed by atoms with E-state index in [0.29, 0.717) is 0 Å². The second-order valence-corrected chi connectivity index (χ2v) is 3.78. The molecular weight excluding hydrogens is 152 g/mol. The summed E-state index contributed by atoms with van der Waals surface area (Å²) in [5, 5.41) is 0. The minimum absolute atomic E-state index is 0.150. The van der Waals surface area contributed by atoms with Crippen LogP contribution < -0.4 is 0 Å². The predicted molar refractivity (Wildman–Crippen MR) is 47.8 cm³/mol. The molecule has 1 rings (SSSR count). The van der Waals surface area contributed by atoms with Gasteiger partial charge in [0.15, 0.2) is 0 Å². The molecular formula is C10H16O2. The molecule has 0 aromatic carbocycles. The largest absolute Gasteiger partial charge is 0.456 e. The summed E-state index contributed by atoms with van der Waals surface area (Å²) in [5.41, 5.74) is 1.68. The van der Waals surface area contributed by atoms with E-state index < -0.39 is 0 Å². The first kappa shape index (κ1) is 9.30. The van der Waals surface area contributed by atoms with Crippen LogP contribution in [0, 0.1) is 0 Å². The number of esters is 1. The maximum absolute atomic E-state index is 11.3. The molecule has 0 aromatic rings. The Morgan fingerprint density at radius 1 is 1.50 bits per heavy atom. The third-order valence-electron chi connectivity index (χ3n) is 2.67. The van der Waals surface area contributed by atoms with Gasteiger partial charge < -0.3 is 4.74 Å². The highest BCUT2D eigenvalue weighted by atomic mass is 16.6. The van der Waals surface area contributed by atoms with Crippen LogP contribution in [0.1, 0.15) is 40.5 Å². The van der Waals surface area contributed by atoms with Crippen molar-refractivity contribution in [3.8, 4) is 0 Å². The SMILES string of the molecule is CCC1(C)CC(C)=C(C)C(=O)O1. The van der Waals surface area contributed by atoms with E-state index in [1.165, 1.54) is 0 Å². The standard InChI is InChI=1S/C10H16O2/c1-5-10(4)6-7(2)8(3)9(11)12-10/h5-6H2,1-4H3. The van der Waals surface area contributed by atoms with E-state index in [9.17, 15) is 4.79 Å². The fourth-order valence-corrected chi connectivity index (χ4v) is 1.40. The fraction of sp³-hybridized carbons (Fsp3) is 0.700. The molecule has 2 nitrogen and oxygen atoms in total. The zero-order valence-corrected chi connectivity index (χ0v) is 8.23. The molecule has 0 amide bonds. The van der Waals surface area contributed by atoms with Crippen LogP contribution in [0.25, 0.3) is 0 Å². The minimum Gasteiger partial charge on any atom is -0.456 e. The Hall–Kier alpha value is -0.790. The van der Waals surface area contributed by atoms with Crippen molar-refractivity contribution >= 4 is 5.97 Å². The molecule has 1 aliphatic heterocycles. The van der Waals surface area contributed by atoms with Crippen molar-refractivity contribution in [2.24, 2.45) is 0 Å². The zero-order chi connectivity index (χ0) is 9.35. The summed E-state index contributed by atoms with van der Waals surface area (Å²) in [6, 6.07) is 0. The number of hydrogen-bond donors (Lipinski definition) is 0. The van der Waals surface area contributed by atoms with E-state index >= 15 is 0 Å². The lowest BCUT2D eigenvalue weighted by molar-refractivity contribution is -0.155. The molecule has 1 unspecified atom stereocenters. The third-order valence-corrected chi connectivity index (χ3v) is 2.67. The Balaban J connectivity index is 2.92. The lowest BCUT2D eigenvalue weighted by Crippen LogP contribution is -2.35. The molecule has 68 valence electrons. The van der Waals surface area contributed by atoms with Gasteiger partial charge in [0.25, 0.3) is 0 Å². The van der Waals surface area contributed by atoms with Gasteiger partial charge in [0.2, 0.25) is 0 Å². The summed E-state index contributed by atoms with van der Waals surface area (Å²) in [6.07, 6.45) is 1.75. The molecule has 2 heteroatoms. The molecule has 0 spiro atoms. The Bertz CT molecular complexity index is 240. The summed E-state index contributed by atoms with van der Waals surface area (Å²) in [6.45, 7) is 7.86. The van der Waals surface area contributed by atoms with Crippen molar-refractivity contribution in [3.63, 3.8) is 0 Å². The molecule has 1 aliphatic rings. The topological polar surface area (TPSA) is 26.3 Å². The lowest BCUT2D eigenvalue weighted by atomic mass is 9.89. The summed E-state index contributed by atoms with van der Waals surface area (Å²) in [5.74, 6) is -0.150. The zero-order valence-electron chi connectivity index (χ0n) is 8.23. The number of carbonyl (C=O) groups excluding carboxylic acids is 1. The molecule has 0 bridgehead atoms. The van der Waals surface area contributed by atoms with Gasteiger partial charge in [0, 0.05) is 12.0 Å². The van der Waals surface area contributed by atoms with E-state index in [1.807, 2.05) is 27.7 Å². The number of carbonyl (C=O) groups is 1. The van der Waals surface area contributed by atoms with Crippen LogP contribution in [-0.2, 0) is 9.53 Å². The number of cyclic esters (lactones) is 1. The molecule has 1 atom stereocenters. The molecule has 0 fully saturated rings. The highest BCUT2D eigenvalue weighted by Gasteiger charge is 2.32.